The zero-order valence-corrected chi connectivity index (χ0v) is 5.42. The predicted molar refractivity (Wildman–Crippen MR) is 25.9 cm³/mol. The van der Waals surface area contributed by atoms with Gasteiger partial charge in [0.25, 0.3) is 0 Å². The van der Waals surface area contributed by atoms with Crippen molar-refractivity contribution < 1.29 is 16.8 Å². The molecule has 0 saturated carbocycles. The van der Waals surface area contributed by atoms with E-state index < -0.39 is 26.5 Å². The fourth-order valence-corrected chi connectivity index (χ4v) is 1.26. The molecule has 0 aromatic heterocycles. The summed E-state index contributed by atoms with van der Waals surface area (Å²) in [6, 6.07) is 0. The van der Waals surface area contributed by atoms with Crippen LogP contribution in [-0.4, -0.2) is 0 Å². The van der Waals surface area contributed by atoms with E-state index in [-0.39, 0.29) is 0 Å². The molecule has 0 aliphatic heterocycles. The van der Waals surface area contributed by atoms with Gasteiger partial charge < -0.3 is 0 Å². The summed E-state index contributed by atoms with van der Waals surface area (Å²) < 4.78 is 43.4. The Labute approximate surface area is 44.1 Å². The van der Waals surface area contributed by atoms with E-state index in [2.05, 4.69) is 0 Å². The first-order valence-corrected chi connectivity index (χ1v) is 5.31. The standard InChI is InChI=1S/F4P2S/c1-5(2)7-6(3)4. The highest BCUT2D eigenvalue weighted by molar-refractivity contribution is 8.82. The van der Waals surface area contributed by atoms with Crippen LogP contribution in [0.3, 0.4) is 0 Å². The van der Waals surface area contributed by atoms with Crippen LogP contribution >= 0.6 is 26.5 Å². The van der Waals surface area contributed by atoms with Crippen LogP contribution in [0.15, 0.2) is 0 Å². The SMILES string of the molecule is FP(F)SP(F)F. The molecule has 0 rings (SSSR count). The van der Waals surface area contributed by atoms with Crippen LogP contribution in [-0.2, 0) is 0 Å². The van der Waals surface area contributed by atoms with Gasteiger partial charge >= 0.3 is 15.5 Å². The minimum atomic E-state index is -3.44. The molecule has 0 spiro atoms. The minimum absolute atomic E-state index is 0.528. The fraction of sp³-hybridized carbons (Fsp3) is 0. The lowest BCUT2D eigenvalue weighted by Crippen LogP contribution is -1.31. The van der Waals surface area contributed by atoms with Gasteiger partial charge in [-0.15, -0.1) is 0 Å². The van der Waals surface area contributed by atoms with Crippen molar-refractivity contribution in [2.75, 3.05) is 0 Å². The van der Waals surface area contributed by atoms with Gasteiger partial charge in [-0.05, 0) is 0 Å². The average Bonchev–Trinajstić information content (AvgIpc) is 1.27. The van der Waals surface area contributed by atoms with E-state index in [1.54, 1.807) is 0 Å². The molecular formula is F4P2S. The maximum atomic E-state index is 10.8. The summed E-state index contributed by atoms with van der Waals surface area (Å²) in [5.41, 5.74) is 0. The third kappa shape index (κ3) is 6.93. The lowest BCUT2D eigenvalue weighted by molar-refractivity contribution is 0.769. The van der Waals surface area contributed by atoms with Crippen LogP contribution < -0.4 is 0 Å². The van der Waals surface area contributed by atoms with E-state index in [1.807, 2.05) is 0 Å². The Hall–Kier alpha value is 0.930. The normalized spacial score (nSPS) is 11.1. The number of hydrogen-bond acceptors (Lipinski definition) is 1. The molecule has 0 radical (unpaired) electrons. The van der Waals surface area contributed by atoms with E-state index in [0.717, 1.165) is 0 Å². The fourth-order valence-electron chi connectivity index (χ4n) is 0.0467. The van der Waals surface area contributed by atoms with Gasteiger partial charge in [0.1, 0.15) is 0 Å². The number of halogens is 4. The molecule has 0 aliphatic carbocycles. The van der Waals surface area contributed by atoms with Crippen LogP contribution in [0.5, 0.6) is 0 Å². The lowest BCUT2D eigenvalue weighted by Gasteiger charge is -1.88. The van der Waals surface area contributed by atoms with E-state index in [1.165, 1.54) is 0 Å². The van der Waals surface area contributed by atoms with Crippen molar-refractivity contribution in [1.29, 1.82) is 0 Å². The zero-order valence-electron chi connectivity index (χ0n) is 2.81. The third-order valence-corrected chi connectivity index (χ3v) is 3.33. The second-order valence-corrected chi connectivity index (χ2v) is 5.07. The molecular weight excluding hydrogens is 170 g/mol. The quantitative estimate of drug-likeness (QED) is 0.444. The van der Waals surface area contributed by atoms with Crippen molar-refractivity contribution in [1.82, 2.24) is 0 Å². The second kappa shape index (κ2) is 3.88. The predicted octanol–water partition coefficient (Wildman–Crippen LogP) is 4.05. The molecule has 0 bridgehead atoms. The molecule has 0 fully saturated rings. The van der Waals surface area contributed by atoms with E-state index in [9.17, 15) is 16.8 Å². The van der Waals surface area contributed by atoms with Crippen molar-refractivity contribution in [2.24, 2.45) is 0 Å². The Morgan fingerprint density at radius 2 is 1.14 bits per heavy atom. The maximum absolute atomic E-state index is 10.8. The van der Waals surface area contributed by atoms with Gasteiger partial charge in [-0.3, -0.25) is 0 Å². The summed E-state index contributed by atoms with van der Waals surface area (Å²) in [6.07, 6.45) is 0. The van der Waals surface area contributed by atoms with Crippen molar-refractivity contribution in [3.05, 3.63) is 0 Å². The smallest absolute Gasteiger partial charge is 0.175 e. The van der Waals surface area contributed by atoms with Gasteiger partial charge in [0.2, 0.25) is 0 Å². The molecule has 0 heterocycles. The molecule has 0 aliphatic rings. The monoisotopic (exact) mass is 170 g/mol. The number of rotatable bonds is 2. The van der Waals surface area contributed by atoms with Crippen LogP contribution in [0.4, 0.5) is 16.8 Å². The highest BCUT2D eigenvalue weighted by Gasteiger charge is 2.15. The Balaban J connectivity index is 2.95. The van der Waals surface area contributed by atoms with Gasteiger partial charge in [0.05, 0.1) is 0 Å². The van der Waals surface area contributed by atoms with Crippen LogP contribution in [0, 0.1) is 0 Å². The van der Waals surface area contributed by atoms with Gasteiger partial charge in [0.15, 0.2) is 0 Å². The Bertz CT molecular complexity index is 39.0. The van der Waals surface area contributed by atoms with Crippen LogP contribution in [0.2, 0.25) is 0 Å². The number of hydrogen-bond donors (Lipinski definition) is 0. The third-order valence-electron chi connectivity index (χ3n) is 0.123. The first-order valence-electron chi connectivity index (χ1n) is 1.04. The van der Waals surface area contributed by atoms with Crippen molar-refractivity contribution in [3.8, 4) is 0 Å². The molecule has 0 unspecified atom stereocenters. The molecule has 0 aromatic rings. The molecule has 0 amide bonds. The molecule has 0 saturated heterocycles. The highest BCUT2D eigenvalue weighted by Crippen LogP contribution is 2.71. The Kier molecular flexibility index (Phi) is 4.39. The Morgan fingerprint density at radius 3 is 1.14 bits per heavy atom. The molecule has 0 aromatic carbocycles. The zero-order chi connectivity index (χ0) is 5.86. The van der Waals surface area contributed by atoms with Gasteiger partial charge in [-0.2, -0.15) is 16.8 Å². The second-order valence-electron chi connectivity index (χ2n) is 0.485. The van der Waals surface area contributed by atoms with E-state index in [4.69, 9.17) is 0 Å². The van der Waals surface area contributed by atoms with Gasteiger partial charge in [0, 0.05) is 11.0 Å². The first-order chi connectivity index (χ1) is 3.13. The summed E-state index contributed by atoms with van der Waals surface area (Å²) in [4.78, 5) is 0. The summed E-state index contributed by atoms with van der Waals surface area (Å²) in [5, 5.41) is 0. The Morgan fingerprint density at radius 1 is 0.857 bits per heavy atom. The summed E-state index contributed by atoms with van der Waals surface area (Å²) in [6.45, 7) is 0. The average molecular weight is 170 g/mol. The molecule has 0 atom stereocenters. The van der Waals surface area contributed by atoms with Gasteiger partial charge in [-0.25, -0.2) is 0 Å². The van der Waals surface area contributed by atoms with Gasteiger partial charge in [-0.1, -0.05) is 0 Å². The van der Waals surface area contributed by atoms with Crippen molar-refractivity contribution in [3.63, 3.8) is 0 Å². The molecule has 0 nitrogen and oxygen atoms in total. The van der Waals surface area contributed by atoms with Crippen molar-refractivity contribution in [2.45, 2.75) is 0 Å². The van der Waals surface area contributed by atoms with E-state index >= 15 is 0 Å². The summed E-state index contributed by atoms with van der Waals surface area (Å²) in [5.74, 6) is 0. The van der Waals surface area contributed by atoms with Crippen LogP contribution in [0.1, 0.15) is 0 Å². The van der Waals surface area contributed by atoms with Crippen molar-refractivity contribution >= 4 is 26.5 Å². The molecule has 44 valence electrons. The maximum Gasteiger partial charge on any atom is 0.336 e. The summed E-state index contributed by atoms with van der Waals surface area (Å²) >= 11 is -0.528. The minimum Gasteiger partial charge on any atom is -0.175 e. The van der Waals surface area contributed by atoms with E-state index in [0.29, 0.717) is 0 Å². The summed E-state index contributed by atoms with van der Waals surface area (Å²) in [7, 11) is -6.89. The molecule has 7 heteroatoms. The topological polar surface area (TPSA) is 0 Å². The highest BCUT2D eigenvalue weighted by atomic mass is 33.1. The lowest BCUT2D eigenvalue weighted by atomic mass is 18.8. The largest absolute Gasteiger partial charge is 0.336 e. The first kappa shape index (κ1) is 7.93. The molecule has 7 heavy (non-hydrogen) atoms. The molecule has 0 N–H and O–H groups in total. The van der Waals surface area contributed by atoms with Crippen LogP contribution in [0.25, 0.3) is 0 Å².